The first kappa shape index (κ1) is 19.7. The van der Waals surface area contributed by atoms with Crippen molar-refractivity contribution >= 4 is 5.91 Å². The van der Waals surface area contributed by atoms with Crippen molar-refractivity contribution in [1.82, 2.24) is 10.2 Å². The number of nitrogens with zero attached hydrogens (tertiary/aromatic N) is 1. The summed E-state index contributed by atoms with van der Waals surface area (Å²) >= 11 is 0. The third-order valence-electron chi connectivity index (χ3n) is 4.36. The van der Waals surface area contributed by atoms with Crippen LogP contribution < -0.4 is 10.1 Å². The molecule has 1 heterocycles. The lowest BCUT2D eigenvalue weighted by Crippen LogP contribution is -2.31. The van der Waals surface area contributed by atoms with Gasteiger partial charge in [-0.25, -0.2) is 0 Å². The van der Waals surface area contributed by atoms with E-state index in [1.807, 2.05) is 57.4 Å². The second-order valence-electron chi connectivity index (χ2n) is 7.02. The molecule has 0 saturated heterocycles. The lowest BCUT2D eigenvalue weighted by molar-refractivity contribution is -0.123. The Morgan fingerprint density at radius 3 is 2.54 bits per heavy atom. The van der Waals surface area contributed by atoms with E-state index in [1.54, 1.807) is 12.3 Å². The lowest BCUT2D eigenvalue weighted by Gasteiger charge is -2.17. The van der Waals surface area contributed by atoms with Gasteiger partial charge >= 0.3 is 0 Å². The monoisotopic (exact) mass is 378 g/mol. The normalized spacial score (nSPS) is 12.0. The molecule has 5 heteroatoms. The van der Waals surface area contributed by atoms with Crippen molar-refractivity contribution in [3.63, 3.8) is 0 Å². The molecule has 0 aliphatic rings. The van der Waals surface area contributed by atoms with Crippen LogP contribution in [-0.2, 0) is 11.3 Å². The van der Waals surface area contributed by atoms with Gasteiger partial charge in [-0.1, -0.05) is 36.4 Å². The van der Waals surface area contributed by atoms with Crippen LogP contribution in [0, 0.1) is 0 Å². The fraction of sp³-hybridized carbons (Fsp3) is 0.261. The first-order valence-electron chi connectivity index (χ1n) is 9.31. The van der Waals surface area contributed by atoms with Crippen molar-refractivity contribution in [2.75, 3.05) is 20.7 Å². The number of carbonyl (C=O) groups excluding carboxylic acids is 1. The minimum Gasteiger partial charge on any atom is -0.483 e. The molecule has 0 spiro atoms. The van der Waals surface area contributed by atoms with Gasteiger partial charge in [0.05, 0.1) is 12.3 Å². The molecule has 5 nitrogen and oxygen atoms in total. The molecule has 2 aromatic carbocycles. The zero-order valence-electron chi connectivity index (χ0n) is 16.5. The molecule has 0 aliphatic heterocycles. The second kappa shape index (κ2) is 9.24. The Morgan fingerprint density at radius 2 is 1.86 bits per heavy atom. The lowest BCUT2D eigenvalue weighted by atomic mass is 10.0. The molecule has 0 aliphatic carbocycles. The molecule has 3 rings (SSSR count). The number of benzene rings is 2. The van der Waals surface area contributed by atoms with Crippen LogP contribution in [0.3, 0.4) is 0 Å². The number of rotatable bonds is 8. The number of ether oxygens (including phenoxy) is 1. The fourth-order valence-electron chi connectivity index (χ4n) is 3.03. The molecule has 1 unspecified atom stereocenters. The summed E-state index contributed by atoms with van der Waals surface area (Å²) in [5.41, 5.74) is 3.32. The van der Waals surface area contributed by atoms with Crippen LogP contribution in [0.5, 0.6) is 5.75 Å². The quantitative estimate of drug-likeness (QED) is 0.636. The average Bonchev–Trinajstić information content (AvgIpc) is 3.22. The predicted octanol–water partition coefficient (Wildman–Crippen LogP) is 4.26. The molecule has 0 fully saturated rings. The molecule has 1 aromatic heterocycles. The first-order valence-corrected chi connectivity index (χ1v) is 9.31. The van der Waals surface area contributed by atoms with E-state index in [9.17, 15) is 4.79 Å². The molecule has 1 amide bonds. The summed E-state index contributed by atoms with van der Waals surface area (Å²) in [5, 5.41) is 2.88. The minimum absolute atomic E-state index is 0.0455. The number of furan rings is 1. The van der Waals surface area contributed by atoms with Gasteiger partial charge in [0.1, 0.15) is 11.5 Å². The fourth-order valence-corrected chi connectivity index (χ4v) is 3.03. The third kappa shape index (κ3) is 5.24. The molecular weight excluding hydrogens is 352 g/mol. The summed E-state index contributed by atoms with van der Waals surface area (Å²) in [7, 11) is 4.02. The smallest absolute Gasteiger partial charge is 0.258 e. The third-order valence-corrected chi connectivity index (χ3v) is 4.36. The van der Waals surface area contributed by atoms with Crippen LogP contribution in [0.25, 0.3) is 11.1 Å². The van der Waals surface area contributed by atoms with E-state index in [0.29, 0.717) is 11.5 Å². The predicted molar refractivity (Wildman–Crippen MR) is 110 cm³/mol. The van der Waals surface area contributed by atoms with Gasteiger partial charge in [0, 0.05) is 12.1 Å². The summed E-state index contributed by atoms with van der Waals surface area (Å²) in [5.74, 6) is 1.25. The standard InChI is InChI=1S/C23H26N2O3/c1-17(21-10-7-13-27-21)24-23(26)16-28-22-12-11-19(14-20(22)15-25(2)3)18-8-5-4-6-9-18/h4-14,17H,15-16H2,1-3H3,(H,24,26). The van der Waals surface area contributed by atoms with E-state index in [-0.39, 0.29) is 18.6 Å². The molecule has 1 N–H and O–H groups in total. The maximum absolute atomic E-state index is 12.3. The number of nitrogens with one attached hydrogen (secondary N) is 1. The number of hydrogen-bond acceptors (Lipinski definition) is 4. The highest BCUT2D eigenvalue weighted by atomic mass is 16.5. The van der Waals surface area contributed by atoms with Crippen LogP contribution in [0.2, 0.25) is 0 Å². The first-order chi connectivity index (χ1) is 13.5. The zero-order valence-corrected chi connectivity index (χ0v) is 16.5. The van der Waals surface area contributed by atoms with Gasteiger partial charge in [-0.2, -0.15) is 0 Å². The average molecular weight is 378 g/mol. The molecule has 0 radical (unpaired) electrons. The summed E-state index contributed by atoms with van der Waals surface area (Å²) in [6, 6.07) is 19.7. The van der Waals surface area contributed by atoms with Gasteiger partial charge in [-0.05, 0) is 56.4 Å². The largest absolute Gasteiger partial charge is 0.483 e. The highest BCUT2D eigenvalue weighted by Crippen LogP contribution is 2.27. The summed E-state index contributed by atoms with van der Waals surface area (Å²) in [6.45, 7) is 2.56. The van der Waals surface area contributed by atoms with Crippen LogP contribution in [-0.4, -0.2) is 31.5 Å². The van der Waals surface area contributed by atoms with E-state index in [4.69, 9.17) is 9.15 Å². The second-order valence-corrected chi connectivity index (χ2v) is 7.02. The number of hydrogen-bond donors (Lipinski definition) is 1. The van der Waals surface area contributed by atoms with Gasteiger partial charge in [-0.3, -0.25) is 4.79 Å². The molecule has 0 bridgehead atoms. The van der Waals surface area contributed by atoms with Crippen LogP contribution >= 0.6 is 0 Å². The molecule has 0 saturated carbocycles. The molecule has 146 valence electrons. The summed E-state index contributed by atoms with van der Waals surface area (Å²) in [6.07, 6.45) is 1.59. The molecule has 3 aromatic rings. The SMILES string of the molecule is CC(NC(=O)COc1ccc(-c2ccccc2)cc1CN(C)C)c1ccco1. The topological polar surface area (TPSA) is 54.7 Å². The highest BCUT2D eigenvalue weighted by molar-refractivity contribution is 5.78. The van der Waals surface area contributed by atoms with Crippen molar-refractivity contribution in [3.8, 4) is 16.9 Å². The van der Waals surface area contributed by atoms with E-state index < -0.39 is 0 Å². The Morgan fingerprint density at radius 1 is 1.07 bits per heavy atom. The number of amides is 1. The van der Waals surface area contributed by atoms with Gasteiger partial charge in [0.2, 0.25) is 0 Å². The van der Waals surface area contributed by atoms with Gasteiger partial charge in [0.25, 0.3) is 5.91 Å². The van der Waals surface area contributed by atoms with Crippen LogP contribution in [0.4, 0.5) is 0 Å². The zero-order chi connectivity index (χ0) is 19.9. The number of carbonyl (C=O) groups is 1. The Balaban J connectivity index is 1.69. The highest BCUT2D eigenvalue weighted by Gasteiger charge is 2.14. The van der Waals surface area contributed by atoms with Crippen molar-refractivity contribution in [2.24, 2.45) is 0 Å². The molecular formula is C23H26N2O3. The van der Waals surface area contributed by atoms with E-state index in [2.05, 4.69) is 28.4 Å². The summed E-state index contributed by atoms with van der Waals surface area (Å²) < 4.78 is 11.2. The van der Waals surface area contributed by atoms with E-state index in [1.165, 1.54) is 0 Å². The van der Waals surface area contributed by atoms with Gasteiger partial charge < -0.3 is 19.4 Å². The summed E-state index contributed by atoms with van der Waals surface area (Å²) in [4.78, 5) is 14.3. The minimum atomic E-state index is -0.201. The van der Waals surface area contributed by atoms with Crippen molar-refractivity contribution in [2.45, 2.75) is 19.5 Å². The van der Waals surface area contributed by atoms with Gasteiger partial charge in [0.15, 0.2) is 6.61 Å². The van der Waals surface area contributed by atoms with E-state index >= 15 is 0 Å². The Kier molecular flexibility index (Phi) is 6.50. The Hall–Kier alpha value is -3.05. The van der Waals surface area contributed by atoms with Crippen molar-refractivity contribution < 1.29 is 13.9 Å². The van der Waals surface area contributed by atoms with Crippen molar-refractivity contribution in [1.29, 1.82) is 0 Å². The van der Waals surface area contributed by atoms with Crippen molar-refractivity contribution in [3.05, 3.63) is 78.3 Å². The molecule has 28 heavy (non-hydrogen) atoms. The Labute approximate surface area is 165 Å². The maximum Gasteiger partial charge on any atom is 0.258 e. The maximum atomic E-state index is 12.3. The van der Waals surface area contributed by atoms with E-state index in [0.717, 1.165) is 23.2 Å². The Bertz CT molecular complexity index is 889. The molecule has 1 atom stereocenters. The van der Waals surface area contributed by atoms with Crippen LogP contribution in [0.1, 0.15) is 24.3 Å². The van der Waals surface area contributed by atoms with Gasteiger partial charge in [-0.15, -0.1) is 0 Å². The van der Waals surface area contributed by atoms with Crippen LogP contribution in [0.15, 0.2) is 71.3 Å².